The summed E-state index contributed by atoms with van der Waals surface area (Å²) in [4.78, 5) is 56.6. The van der Waals surface area contributed by atoms with E-state index >= 15 is 0 Å². The Kier molecular flexibility index (Phi) is 7.76. The second-order valence-corrected chi connectivity index (χ2v) is 6.30. The highest BCUT2D eigenvalue weighted by atomic mass is 16.6. The standard InChI is InChI=1S/C19H18N4O9/c1-11(20-18(25)12-4-3-5-13(8-12)22(27)28)19(26)32-10-17(24)21-15-7-6-14(23(29)30)9-16(15)31-2/h3-9,11H,10H2,1-2H3,(H,20,25)(H,21,24)/t11-/m0/s1. The number of amides is 2. The van der Waals surface area contributed by atoms with Gasteiger partial charge in [0.25, 0.3) is 23.2 Å². The van der Waals surface area contributed by atoms with E-state index in [1.165, 1.54) is 38.3 Å². The number of non-ortho nitro benzene ring substituents is 2. The summed E-state index contributed by atoms with van der Waals surface area (Å²) in [6.45, 7) is 0.616. The van der Waals surface area contributed by atoms with Crippen LogP contribution in [0, 0.1) is 20.2 Å². The summed E-state index contributed by atoms with van der Waals surface area (Å²) in [5, 5.41) is 26.3. The summed E-state index contributed by atoms with van der Waals surface area (Å²) in [5.41, 5.74) is -0.418. The Balaban J connectivity index is 1.91. The Morgan fingerprint density at radius 1 is 1.03 bits per heavy atom. The van der Waals surface area contributed by atoms with Crippen molar-refractivity contribution in [1.82, 2.24) is 5.32 Å². The van der Waals surface area contributed by atoms with Crippen molar-refractivity contribution in [3.05, 3.63) is 68.3 Å². The molecule has 0 fully saturated rings. The molecule has 1 atom stereocenters. The molecule has 0 aromatic heterocycles. The summed E-state index contributed by atoms with van der Waals surface area (Å²) < 4.78 is 9.84. The number of nitro groups is 2. The third-order valence-corrected chi connectivity index (χ3v) is 4.04. The summed E-state index contributed by atoms with van der Waals surface area (Å²) >= 11 is 0. The highest BCUT2D eigenvalue weighted by Gasteiger charge is 2.21. The van der Waals surface area contributed by atoms with Gasteiger partial charge in [0.05, 0.1) is 28.7 Å². The first kappa shape index (κ1) is 23.7. The van der Waals surface area contributed by atoms with Crippen molar-refractivity contribution in [3.63, 3.8) is 0 Å². The summed E-state index contributed by atoms with van der Waals surface area (Å²) in [6, 6.07) is 7.33. The first-order chi connectivity index (χ1) is 15.1. The van der Waals surface area contributed by atoms with Crippen molar-refractivity contribution in [2.45, 2.75) is 13.0 Å². The molecule has 2 amide bonds. The second kappa shape index (κ2) is 10.5. The van der Waals surface area contributed by atoms with Gasteiger partial charge < -0.3 is 20.1 Å². The van der Waals surface area contributed by atoms with Crippen LogP contribution in [0.1, 0.15) is 17.3 Å². The Bertz CT molecular complexity index is 1070. The van der Waals surface area contributed by atoms with Gasteiger partial charge in [-0.3, -0.25) is 29.8 Å². The Labute approximate surface area is 180 Å². The average molecular weight is 446 g/mol. The van der Waals surface area contributed by atoms with Crippen molar-refractivity contribution in [1.29, 1.82) is 0 Å². The van der Waals surface area contributed by atoms with E-state index in [1.807, 2.05) is 0 Å². The lowest BCUT2D eigenvalue weighted by Crippen LogP contribution is -2.40. The predicted molar refractivity (Wildman–Crippen MR) is 109 cm³/mol. The summed E-state index contributed by atoms with van der Waals surface area (Å²) in [6.07, 6.45) is 0. The minimum Gasteiger partial charge on any atom is -0.494 e. The molecule has 0 bridgehead atoms. The lowest BCUT2D eigenvalue weighted by atomic mass is 10.2. The van der Waals surface area contributed by atoms with Gasteiger partial charge in [0, 0.05) is 23.8 Å². The number of ether oxygens (including phenoxy) is 2. The smallest absolute Gasteiger partial charge is 0.328 e. The maximum Gasteiger partial charge on any atom is 0.328 e. The van der Waals surface area contributed by atoms with Crippen LogP contribution in [0.5, 0.6) is 5.75 Å². The molecule has 168 valence electrons. The number of carbonyl (C=O) groups is 3. The van der Waals surface area contributed by atoms with Crippen LogP contribution in [0.4, 0.5) is 17.1 Å². The van der Waals surface area contributed by atoms with Crippen LogP contribution in [-0.2, 0) is 14.3 Å². The molecule has 13 nitrogen and oxygen atoms in total. The van der Waals surface area contributed by atoms with Gasteiger partial charge in [0.15, 0.2) is 6.61 Å². The lowest BCUT2D eigenvalue weighted by molar-refractivity contribution is -0.385. The quantitative estimate of drug-likeness (QED) is 0.330. The van der Waals surface area contributed by atoms with Crippen LogP contribution in [-0.4, -0.2) is 47.4 Å². The Morgan fingerprint density at radius 3 is 2.31 bits per heavy atom. The van der Waals surface area contributed by atoms with E-state index in [2.05, 4.69) is 10.6 Å². The van der Waals surface area contributed by atoms with E-state index in [4.69, 9.17) is 9.47 Å². The zero-order chi connectivity index (χ0) is 23.8. The van der Waals surface area contributed by atoms with Crippen molar-refractivity contribution >= 4 is 34.8 Å². The normalized spacial score (nSPS) is 11.1. The van der Waals surface area contributed by atoms with Gasteiger partial charge >= 0.3 is 5.97 Å². The fourth-order valence-electron chi connectivity index (χ4n) is 2.44. The third-order valence-electron chi connectivity index (χ3n) is 4.04. The predicted octanol–water partition coefficient (Wildman–Crippen LogP) is 1.81. The number of anilines is 1. The van der Waals surface area contributed by atoms with Gasteiger partial charge in [0.2, 0.25) is 0 Å². The van der Waals surface area contributed by atoms with Crippen LogP contribution in [0.15, 0.2) is 42.5 Å². The van der Waals surface area contributed by atoms with E-state index in [0.717, 1.165) is 18.2 Å². The molecule has 0 aliphatic heterocycles. The first-order valence-corrected chi connectivity index (χ1v) is 8.96. The van der Waals surface area contributed by atoms with E-state index in [-0.39, 0.29) is 28.4 Å². The Morgan fingerprint density at radius 2 is 1.69 bits per heavy atom. The molecule has 2 aromatic rings. The van der Waals surface area contributed by atoms with E-state index < -0.39 is 40.3 Å². The monoisotopic (exact) mass is 446 g/mol. The fourth-order valence-corrected chi connectivity index (χ4v) is 2.44. The van der Waals surface area contributed by atoms with Crippen molar-refractivity contribution in [2.24, 2.45) is 0 Å². The maximum atomic E-state index is 12.2. The molecule has 0 heterocycles. The van der Waals surface area contributed by atoms with Gasteiger partial charge in [-0.05, 0) is 19.1 Å². The van der Waals surface area contributed by atoms with Crippen molar-refractivity contribution in [2.75, 3.05) is 19.0 Å². The number of nitro benzene ring substituents is 2. The number of hydrogen-bond acceptors (Lipinski definition) is 9. The molecule has 2 aromatic carbocycles. The highest BCUT2D eigenvalue weighted by molar-refractivity contribution is 5.98. The molecule has 2 rings (SSSR count). The minimum absolute atomic E-state index is 0.0261. The van der Waals surface area contributed by atoms with Crippen LogP contribution >= 0.6 is 0 Å². The molecule has 2 N–H and O–H groups in total. The molecule has 0 aliphatic rings. The number of hydrogen-bond donors (Lipinski definition) is 2. The zero-order valence-electron chi connectivity index (χ0n) is 16.9. The highest BCUT2D eigenvalue weighted by Crippen LogP contribution is 2.28. The molecular formula is C19H18N4O9. The van der Waals surface area contributed by atoms with Gasteiger partial charge in [-0.2, -0.15) is 0 Å². The lowest BCUT2D eigenvalue weighted by Gasteiger charge is -2.14. The number of carbonyl (C=O) groups excluding carboxylic acids is 3. The number of benzene rings is 2. The molecule has 13 heteroatoms. The molecule has 0 radical (unpaired) electrons. The van der Waals surface area contributed by atoms with Crippen LogP contribution in [0.25, 0.3) is 0 Å². The topological polar surface area (TPSA) is 180 Å². The van der Waals surface area contributed by atoms with Gasteiger partial charge in [-0.1, -0.05) is 6.07 Å². The van der Waals surface area contributed by atoms with Gasteiger partial charge in [-0.15, -0.1) is 0 Å². The summed E-state index contributed by atoms with van der Waals surface area (Å²) in [7, 11) is 1.26. The number of methoxy groups -OCH3 is 1. The molecule has 0 saturated heterocycles. The van der Waals surface area contributed by atoms with Crippen molar-refractivity contribution < 1.29 is 33.7 Å². The Hall–Kier alpha value is -4.55. The number of esters is 1. The van der Waals surface area contributed by atoms with E-state index in [9.17, 15) is 34.6 Å². The molecule has 0 unspecified atom stereocenters. The van der Waals surface area contributed by atoms with Gasteiger partial charge in [-0.25, -0.2) is 4.79 Å². The molecule has 32 heavy (non-hydrogen) atoms. The van der Waals surface area contributed by atoms with E-state index in [0.29, 0.717) is 0 Å². The fraction of sp³-hybridized carbons (Fsp3) is 0.211. The minimum atomic E-state index is -1.15. The zero-order valence-corrected chi connectivity index (χ0v) is 16.9. The molecule has 0 saturated carbocycles. The average Bonchev–Trinajstić information content (AvgIpc) is 2.77. The van der Waals surface area contributed by atoms with Crippen LogP contribution < -0.4 is 15.4 Å². The van der Waals surface area contributed by atoms with E-state index in [1.54, 1.807) is 0 Å². The largest absolute Gasteiger partial charge is 0.494 e. The molecule has 0 aliphatic carbocycles. The second-order valence-electron chi connectivity index (χ2n) is 6.30. The molecular weight excluding hydrogens is 428 g/mol. The van der Waals surface area contributed by atoms with Gasteiger partial charge in [0.1, 0.15) is 11.8 Å². The number of nitrogens with one attached hydrogen (secondary N) is 2. The third kappa shape index (κ3) is 6.22. The van der Waals surface area contributed by atoms with Crippen molar-refractivity contribution in [3.8, 4) is 5.75 Å². The van der Waals surface area contributed by atoms with Crippen LogP contribution in [0.3, 0.4) is 0 Å². The number of nitrogens with zero attached hydrogens (tertiary/aromatic N) is 2. The molecule has 0 spiro atoms. The maximum absolute atomic E-state index is 12.2. The number of rotatable bonds is 9. The SMILES string of the molecule is COc1cc([N+](=O)[O-])ccc1NC(=O)COC(=O)[C@H](C)NC(=O)c1cccc([N+](=O)[O-])c1. The first-order valence-electron chi connectivity index (χ1n) is 8.96. The van der Waals surface area contributed by atoms with Crippen LogP contribution in [0.2, 0.25) is 0 Å². The summed E-state index contributed by atoms with van der Waals surface area (Å²) in [5.74, 6) is -2.37.